The highest BCUT2D eigenvalue weighted by atomic mass is 35.5. The molecule has 1 aromatic heterocycles. The molecule has 0 radical (unpaired) electrons. The third-order valence-corrected chi connectivity index (χ3v) is 3.89. The zero-order chi connectivity index (χ0) is 16.4. The van der Waals surface area contributed by atoms with Gasteiger partial charge in [0.2, 0.25) is 5.88 Å². The van der Waals surface area contributed by atoms with E-state index < -0.39 is 5.97 Å². The van der Waals surface area contributed by atoms with E-state index in [2.05, 4.69) is 9.97 Å². The smallest absolute Gasteiger partial charge is 0.345 e. The fraction of sp³-hybridized carbons (Fsp3) is 0.353. The zero-order valence-electron chi connectivity index (χ0n) is 13.0. The Kier molecular flexibility index (Phi) is 4.48. The fourth-order valence-electron chi connectivity index (χ4n) is 2.37. The van der Waals surface area contributed by atoms with Crippen LogP contribution in [0, 0.1) is 0 Å². The van der Waals surface area contributed by atoms with Gasteiger partial charge in [0, 0.05) is 16.5 Å². The number of hydrogen-bond donors (Lipinski definition) is 0. The Morgan fingerprint density at radius 1 is 1.26 bits per heavy atom. The Morgan fingerprint density at radius 3 is 2.52 bits per heavy atom. The summed E-state index contributed by atoms with van der Waals surface area (Å²) in [5.41, 5.74) is 1.88. The second kappa shape index (κ2) is 6.54. The third kappa shape index (κ3) is 3.29. The van der Waals surface area contributed by atoms with Crippen LogP contribution in [0.4, 0.5) is 0 Å². The van der Waals surface area contributed by atoms with Crippen molar-refractivity contribution in [3.05, 3.63) is 40.5 Å². The number of carbonyl (C=O) groups excluding carboxylic acids is 1. The number of nitrogens with zero attached hydrogens (tertiary/aromatic N) is 2. The molecule has 0 N–H and O–H groups in total. The Hall–Kier alpha value is -2.14. The number of ether oxygens (including phenoxy) is 2. The molecule has 3 rings (SSSR count). The van der Waals surface area contributed by atoms with Crippen molar-refractivity contribution >= 4 is 17.6 Å². The molecule has 120 valence electrons. The van der Waals surface area contributed by atoms with Crippen molar-refractivity contribution in [3.8, 4) is 17.3 Å². The van der Waals surface area contributed by atoms with Crippen LogP contribution in [0.3, 0.4) is 0 Å². The second-order valence-electron chi connectivity index (χ2n) is 5.32. The molecule has 2 aromatic rings. The molecule has 0 unspecified atom stereocenters. The molecule has 1 aliphatic rings. The van der Waals surface area contributed by atoms with E-state index in [4.69, 9.17) is 21.1 Å². The third-order valence-electron chi connectivity index (χ3n) is 3.64. The lowest BCUT2D eigenvalue weighted by Crippen LogP contribution is -2.13. The minimum Gasteiger partial charge on any atom is -0.477 e. The van der Waals surface area contributed by atoms with Crippen LogP contribution < -0.4 is 4.74 Å². The molecule has 1 aliphatic carbocycles. The van der Waals surface area contributed by atoms with Crippen molar-refractivity contribution < 1.29 is 14.3 Å². The van der Waals surface area contributed by atoms with E-state index in [1.165, 1.54) is 7.11 Å². The van der Waals surface area contributed by atoms with Gasteiger partial charge in [-0.3, -0.25) is 0 Å². The molecule has 0 saturated heterocycles. The van der Waals surface area contributed by atoms with Gasteiger partial charge in [-0.05, 0) is 44.0 Å². The predicted molar refractivity (Wildman–Crippen MR) is 87.0 cm³/mol. The quantitative estimate of drug-likeness (QED) is 0.778. The van der Waals surface area contributed by atoms with Gasteiger partial charge in [0.1, 0.15) is 5.56 Å². The average molecular weight is 333 g/mol. The monoisotopic (exact) mass is 332 g/mol. The molecule has 23 heavy (non-hydrogen) atoms. The molecule has 1 fully saturated rings. The highest BCUT2D eigenvalue weighted by molar-refractivity contribution is 6.30. The number of methoxy groups -OCH3 is 1. The molecule has 1 heterocycles. The van der Waals surface area contributed by atoms with E-state index in [1.54, 1.807) is 12.1 Å². The summed E-state index contributed by atoms with van der Waals surface area (Å²) in [4.78, 5) is 21.2. The number of aromatic nitrogens is 2. The van der Waals surface area contributed by atoms with Crippen molar-refractivity contribution in [1.82, 2.24) is 9.97 Å². The number of carbonyl (C=O) groups is 1. The molecular formula is C17H17ClN2O3. The first-order valence-corrected chi connectivity index (χ1v) is 7.90. The maximum Gasteiger partial charge on any atom is 0.345 e. The lowest BCUT2D eigenvalue weighted by Gasteiger charge is -2.13. The minimum atomic E-state index is -0.460. The summed E-state index contributed by atoms with van der Waals surface area (Å²) in [6, 6.07) is 7.26. The number of rotatable bonds is 5. The summed E-state index contributed by atoms with van der Waals surface area (Å²) >= 11 is 5.93. The average Bonchev–Trinajstić information content (AvgIpc) is 3.39. The van der Waals surface area contributed by atoms with E-state index in [-0.39, 0.29) is 11.8 Å². The summed E-state index contributed by atoms with van der Waals surface area (Å²) in [6.45, 7) is 2.26. The highest BCUT2D eigenvalue weighted by Gasteiger charge is 2.34. The molecule has 1 aromatic carbocycles. The van der Waals surface area contributed by atoms with Gasteiger partial charge in [-0.1, -0.05) is 11.6 Å². The fourth-order valence-corrected chi connectivity index (χ4v) is 2.50. The zero-order valence-corrected chi connectivity index (χ0v) is 13.8. The van der Waals surface area contributed by atoms with Crippen molar-refractivity contribution in [3.63, 3.8) is 0 Å². The maximum atomic E-state index is 12.2. The number of esters is 1. The Morgan fingerprint density at radius 2 is 1.96 bits per heavy atom. The Bertz CT molecular complexity index is 727. The topological polar surface area (TPSA) is 61.3 Å². The van der Waals surface area contributed by atoms with Gasteiger partial charge < -0.3 is 9.47 Å². The minimum absolute atomic E-state index is 0.261. The van der Waals surface area contributed by atoms with Crippen LogP contribution in [0.25, 0.3) is 11.4 Å². The predicted octanol–water partition coefficient (Wildman–Crippen LogP) is 3.86. The summed E-state index contributed by atoms with van der Waals surface area (Å²) in [5.74, 6) is 0.608. The molecule has 0 amide bonds. The molecular weight excluding hydrogens is 316 g/mol. The molecule has 1 saturated carbocycles. The summed E-state index contributed by atoms with van der Waals surface area (Å²) in [5, 5.41) is 0.646. The van der Waals surface area contributed by atoms with Gasteiger partial charge in [-0.25, -0.2) is 9.78 Å². The second-order valence-corrected chi connectivity index (χ2v) is 5.75. The SMILES string of the molecule is CCOc1nc(-c2ccc(Cl)cc2)nc(C2CC2)c1C(=O)OC. The van der Waals surface area contributed by atoms with Gasteiger partial charge in [0.05, 0.1) is 19.4 Å². The molecule has 6 heteroatoms. The van der Waals surface area contributed by atoms with Crippen molar-refractivity contribution in [2.45, 2.75) is 25.7 Å². The van der Waals surface area contributed by atoms with Gasteiger partial charge >= 0.3 is 5.97 Å². The molecule has 5 nitrogen and oxygen atoms in total. The lowest BCUT2D eigenvalue weighted by molar-refractivity contribution is 0.0593. The first-order chi connectivity index (χ1) is 11.1. The Balaban J connectivity index is 2.15. The molecule has 0 bridgehead atoms. The summed E-state index contributed by atoms with van der Waals surface area (Å²) in [7, 11) is 1.35. The maximum absolute atomic E-state index is 12.2. The number of benzene rings is 1. The van der Waals surface area contributed by atoms with Gasteiger partial charge in [0.25, 0.3) is 0 Å². The summed E-state index contributed by atoms with van der Waals surface area (Å²) in [6.07, 6.45) is 2.01. The highest BCUT2D eigenvalue weighted by Crippen LogP contribution is 2.43. The lowest BCUT2D eigenvalue weighted by atomic mass is 10.1. The van der Waals surface area contributed by atoms with E-state index in [9.17, 15) is 4.79 Å². The van der Waals surface area contributed by atoms with Crippen LogP contribution in [0.2, 0.25) is 5.02 Å². The molecule has 0 aliphatic heterocycles. The van der Waals surface area contributed by atoms with Gasteiger partial charge in [-0.2, -0.15) is 4.98 Å². The largest absolute Gasteiger partial charge is 0.477 e. The van der Waals surface area contributed by atoms with Crippen molar-refractivity contribution in [2.24, 2.45) is 0 Å². The van der Waals surface area contributed by atoms with E-state index in [1.807, 2.05) is 19.1 Å². The van der Waals surface area contributed by atoms with Crippen LogP contribution >= 0.6 is 11.6 Å². The standard InChI is InChI=1S/C17H17ClN2O3/c1-3-23-16-13(17(21)22-2)14(10-4-5-10)19-15(20-16)11-6-8-12(18)9-7-11/h6-10H,3-5H2,1-2H3. The van der Waals surface area contributed by atoms with Crippen LogP contribution in [-0.2, 0) is 4.74 Å². The van der Waals surface area contributed by atoms with Gasteiger partial charge in [-0.15, -0.1) is 0 Å². The number of halogens is 1. The first kappa shape index (κ1) is 15.7. The van der Waals surface area contributed by atoms with E-state index >= 15 is 0 Å². The normalized spacial score (nSPS) is 13.7. The van der Waals surface area contributed by atoms with Crippen LogP contribution in [0.15, 0.2) is 24.3 Å². The molecule has 0 atom stereocenters. The van der Waals surface area contributed by atoms with Crippen LogP contribution in [-0.4, -0.2) is 29.7 Å². The van der Waals surface area contributed by atoms with E-state index in [0.29, 0.717) is 28.7 Å². The van der Waals surface area contributed by atoms with Gasteiger partial charge in [0.15, 0.2) is 5.82 Å². The van der Waals surface area contributed by atoms with Crippen LogP contribution in [0.5, 0.6) is 5.88 Å². The van der Waals surface area contributed by atoms with Crippen LogP contribution in [0.1, 0.15) is 41.7 Å². The summed E-state index contributed by atoms with van der Waals surface area (Å²) < 4.78 is 10.5. The Labute approximate surface area is 139 Å². The number of hydrogen-bond acceptors (Lipinski definition) is 5. The first-order valence-electron chi connectivity index (χ1n) is 7.53. The van der Waals surface area contributed by atoms with Crippen molar-refractivity contribution in [1.29, 1.82) is 0 Å². The van der Waals surface area contributed by atoms with Crippen molar-refractivity contribution in [2.75, 3.05) is 13.7 Å². The molecule has 0 spiro atoms. The van der Waals surface area contributed by atoms with E-state index in [0.717, 1.165) is 18.4 Å².